The lowest BCUT2D eigenvalue weighted by Gasteiger charge is -2.07. The predicted octanol–water partition coefficient (Wildman–Crippen LogP) is 3.00. The van der Waals surface area contributed by atoms with Crippen LogP contribution in [0.5, 0.6) is 0 Å². The number of aromatic amines is 1. The van der Waals surface area contributed by atoms with Crippen molar-refractivity contribution in [3.8, 4) is 0 Å². The molecular weight excluding hydrogens is 188 g/mol. The number of nitrogens with zero attached hydrogens (tertiary/aromatic N) is 1. The lowest BCUT2D eigenvalue weighted by Crippen LogP contribution is -2.21. The van der Waals surface area contributed by atoms with Crippen molar-refractivity contribution in [1.29, 1.82) is 0 Å². The predicted molar refractivity (Wildman–Crippen MR) is 63.6 cm³/mol. The molecule has 0 bridgehead atoms. The van der Waals surface area contributed by atoms with Gasteiger partial charge in [-0.05, 0) is 25.7 Å². The lowest BCUT2D eigenvalue weighted by atomic mass is 9.98. The van der Waals surface area contributed by atoms with E-state index in [4.69, 9.17) is 0 Å². The van der Waals surface area contributed by atoms with Gasteiger partial charge in [0.15, 0.2) is 0 Å². The van der Waals surface area contributed by atoms with E-state index in [9.17, 15) is 4.79 Å². The van der Waals surface area contributed by atoms with Crippen molar-refractivity contribution in [3.05, 3.63) is 21.6 Å². The molecule has 0 aliphatic heterocycles. The highest BCUT2D eigenvalue weighted by Crippen LogP contribution is 2.22. The summed E-state index contributed by atoms with van der Waals surface area (Å²) in [7, 11) is 0. The molecule has 0 atom stereocenters. The van der Waals surface area contributed by atoms with Crippen LogP contribution in [0.1, 0.15) is 70.7 Å². The highest BCUT2D eigenvalue weighted by Gasteiger charge is 2.19. The molecule has 1 aromatic heterocycles. The standard InChI is InChI=1S/C12H22N2O/c1-7(2)10-11(8(3)4)13-14(9(5)6)12(10)15/h7-9,13H,1-6H3. The SMILES string of the molecule is CC(C)c1[nH]n(C(C)C)c(=O)c1C(C)C. The van der Waals surface area contributed by atoms with Crippen molar-refractivity contribution in [2.75, 3.05) is 0 Å². The highest BCUT2D eigenvalue weighted by atomic mass is 16.1. The van der Waals surface area contributed by atoms with E-state index in [0.29, 0.717) is 5.92 Å². The van der Waals surface area contributed by atoms with Crippen LogP contribution in [0.4, 0.5) is 0 Å². The second-order valence-electron chi connectivity index (χ2n) is 5.02. The molecule has 0 saturated carbocycles. The van der Waals surface area contributed by atoms with Crippen LogP contribution in [-0.4, -0.2) is 9.78 Å². The topological polar surface area (TPSA) is 37.8 Å². The Morgan fingerprint density at radius 2 is 1.53 bits per heavy atom. The van der Waals surface area contributed by atoms with E-state index in [1.807, 2.05) is 13.8 Å². The van der Waals surface area contributed by atoms with Gasteiger partial charge in [0.1, 0.15) is 0 Å². The zero-order valence-corrected chi connectivity index (χ0v) is 10.6. The maximum atomic E-state index is 12.1. The van der Waals surface area contributed by atoms with Crippen molar-refractivity contribution in [2.45, 2.75) is 59.4 Å². The van der Waals surface area contributed by atoms with Crippen LogP contribution in [0.15, 0.2) is 4.79 Å². The summed E-state index contributed by atoms with van der Waals surface area (Å²) in [6, 6.07) is 0.197. The average molecular weight is 210 g/mol. The summed E-state index contributed by atoms with van der Waals surface area (Å²) in [6.45, 7) is 12.4. The number of aromatic nitrogens is 2. The lowest BCUT2D eigenvalue weighted by molar-refractivity contribution is 0.508. The van der Waals surface area contributed by atoms with Gasteiger partial charge in [-0.2, -0.15) is 0 Å². The first kappa shape index (κ1) is 12.1. The minimum atomic E-state index is 0.142. The molecule has 3 nitrogen and oxygen atoms in total. The number of hydrogen-bond acceptors (Lipinski definition) is 1. The molecular formula is C12H22N2O. The first-order valence-corrected chi connectivity index (χ1v) is 5.70. The molecule has 0 radical (unpaired) electrons. The van der Waals surface area contributed by atoms with Crippen molar-refractivity contribution < 1.29 is 0 Å². The Balaban J connectivity index is 3.40. The molecule has 0 fully saturated rings. The molecule has 0 saturated heterocycles. The van der Waals surface area contributed by atoms with Gasteiger partial charge in [0.2, 0.25) is 0 Å². The van der Waals surface area contributed by atoms with E-state index in [1.165, 1.54) is 0 Å². The molecule has 0 aliphatic rings. The fraction of sp³-hybridized carbons (Fsp3) is 0.750. The quantitative estimate of drug-likeness (QED) is 0.818. The molecule has 1 N–H and O–H groups in total. The summed E-state index contributed by atoms with van der Waals surface area (Å²) < 4.78 is 1.73. The minimum absolute atomic E-state index is 0.142. The van der Waals surface area contributed by atoms with Gasteiger partial charge < -0.3 is 0 Å². The van der Waals surface area contributed by atoms with Crippen molar-refractivity contribution >= 4 is 0 Å². The Kier molecular flexibility index (Phi) is 3.42. The van der Waals surface area contributed by atoms with Gasteiger partial charge in [0, 0.05) is 17.3 Å². The molecule has 0 spiro atoms. The summed E-state index contributed by atoms with van der Waals surface area (Å²) in [5, 5.41) is 3.23. The molecule has 1 aromatic rings. The molecule has 0 aromatic carbocycles. The summed E-state index contributed by atoms with van der Waals surface area (Å²) >= 11 is 0. The Hall–Kier alpha value is -0.990. The number of nitrogens with one attached hydrogen (secondary N) is 1. The maximum absolute atomic E-state index is 12.1. The van der Waals surface area contributed by atoms with E-state index in [1.54, 1.807) is 4.68 Å². The Bertz CT molecular complexity index is 383. The van der Waals surface area contributed by atoms with E-state index in [2.05, 4.69) is 32.8 Å². The average Bonchev–Trinajstić information content (AvgIpc) is 2.42. The third-order valence-corrected chi connectivity index (χ3v) is 2.65. The fourth-order valence-corrected chi connectivity index (χ4v) is 1.85. The van der Waals surface area contributed by atoms with Gasteiger partial charge in [0.25, 0.3) is 5.56 Å². The summed E-state index contributed by atoms with van der Waals surface area (Å²) in [5.74, 6) is 0.654. The van der Waals surface area contributed by atoms with Gasteiger partial charge in [-0.3, -0.25) is 14.6 Å². The van der Waals surface area contributed by atoms with Crippen LogP contribution in [-0.2, 0) is 0 Å². The van der Waals surface area contributed by atoms with Gasteiger partial charge in [-0.15, -0.1) is 0 Å². The molecule has 0 unspecified atom stereocenters. The fourth-order valence-electron chi connectivity index (χ4n) is 1.85. The van der Waals surface area contributed by atoms with E-state index >= 15 is 0 Å². The first-order chi connectivity index (χ1) is 6.86. The first-order valence-electron chi connectivity index (χ1n) is 5.70. The van der Waals surface area contributed by atoms with Crippen LogP contribution in [0.25, 0.3) is 0 Å². The van der Waals surface area contributed by atoms with Gasteiger partial charge >= 0.3 is 0 Å². The third-order valence-electron chi connectivity index (χ3n) is 2.65. The smallest absolute Gasteiger partial charge is 0.270 e. The Labute approximate surface area is 91.5 Å². The molecule has 1 rings (SSSR count). The number of H-pyrrole nitrogens is 1. The van der Waals surface area contributed by atoms with Gasteiger partial charge in [-0.25, -0.2) is 0 Å². The molecule has 1 heterocycles. The van der Waals surface area contributed by atoms with E-state index < -0.39 is 0 Å². The van der Waals surface area contributed by atoms with Crippen LogP contribution >= 0.6 is 0 Å². The normalized spacial score (nSPS) is 12.1. The van der Waals surface area contributed by atoms with Crippen molar-refractivity contribution in [3.63, 3.8) is 0 Å². The molecule has 3 heteroatoms. The van der Waals surface area contributed by atoms with Crippen LogP contribution in [0.3, 0.4) is 0 Å². The molecule has 0 amide bonds. The number of hydrogen-bond donors (Lipinski definition) is 1. The zero-order valence-electron chi connectivity index (χ0n) is 10.6. The Morgan fingerprint density at radius 3 is 1.80 bits per heavy atom. The largest absolute Gasteiger partial charge is 0.299 e. The summed E-state index contributed by atoms with van der Waals surface area (Å²) in [4.78, 5) is 12.1. The maximum Gasteiger partial charge on any atom is 0.270 e. The molecule has 0 aliphatic carbocycles. The van der Waals surface area contributed by atoms with E-state index in [-0.39, 0.29) is 17.5 Å². The van der Waals surface area contributed by atoms with E-state index in [0.717, 1.165) is 11.3 Å². The third kappa shape index (κ3) is 2.16. The van der Waals surface area contributed by atoms with Gasteiger partial charge in [-0.1, -0.05) is 27.7 Å². The summed E-state index contributed by atoms with van der Waals surface area (Å²) in [5.41, 5.74) is 2.17. The van der Waals surface area contributed by atoms with Crippen LogP contribution in [0.2, 0.25) is 0 Å². The second-order valence-corrected chi connectivity index (χ2v) is 5.02. The summed E-state index contributed by atoms with van der Waals surface area (Å²) in [6.07, 6.45) is 0. The second kappa shape index (κ2) is 4.25. The van der Waals surface area contributed by atoms with Gasteiger partial charge in [0.05, 0.1) is 0 Å². The highest BCUT2D eigenvalue weighted by molar-refractivity contribution is 5.24. The van der Waals surface area contributed by atoms with Crippen LogP contribution < -0.4 is 5.56 Å². The zero-order chi connectivity index (χ0) is 11.7. The monoisotopic (exact) mass is 210 g/mol. The van der Waals surface area contributed by atoms with Crippen molar-refractivity contribution in [2.24, 2.45) is 0 Å². The molecule has 86 valence electrons. The van der Waals surface area contributed by atoms with Crippen molar-refractivity contribution in [1.82, 2.24) is 9.78 Å². The Morgan fingerprint density at radius 1 is 1.00 bits per heavy atom. The van der Waals surface area contributed by atoms with Crippen LogP contribution in [0, 0.1) is 0 Å². The minimum Gasteiger partial charge on any atom is -0.299 e. The number of rotatable bonds is 3. The molecule has 15 heavy (non-hydrogen) atoms.